The van der Waals surface area contributed by atoms with Crippen LogP contribution in [0.2, 0.25) is 0 Å². The van der Waals surface area contributed by atoms with Gasteiger partial charge in [-0.05, 0) is 89.2 Å². The summed E-state index contributed by atoms with van der Waals surface area (Å²) in [6.07, 6.45) is 18.0. The molecule has 2 aromatic rings. The second-order valence-electron chi connectivity index (χ2n) is 14.6. The van der Waals surface area contributed by atoms with E-state index in [9.17, 15) is 4.79 Å². The Bertz CT molecular complexity index is 1240. The van der Waals surface area contributed by atoms with E-state index >= 15 is 0 Å². The van der Waals surface area contributed by atoms with Crippen LogP contribution in [0.5, 0.6) is 0 Å². The Hall–Kier alpha value is -2.29. The van der Waals surface area contributed by atoms with Gasteiger partial charge in [0.15, 0.2) is 0 Å². The Morgan fingerprint density at radius 2 is 1.74 bits per heavy atom. The van der Waals surface area contributed by atoms with E-state index in [1.165, 1.54) is 48.8 Å². The van der Waals surface area contributed by atoms with Crippen molar-refractivity contribution in [2.75, 3.05) is 0 Å². The van der Waals surface area contributed by atoms with Gasteiger partial charge in [0.2, 0.25) is 0 Å². The first kappa shape index (κ1) is 26.0. The third kappa shape index (κ3) is 3.78. The second kappa shape index (κ2) is 8.86. The molecular weight excluding hydrogens is 466 g/mol. The fourth-order valence-electron chi connectivity index (χ4n) is 10.4. The van der Waals surface area contributed by atoms with Crippen LogP contribution in [-0.2, 0) is 27.9 Å². The molecule has 3 saturated carbocycles. The molecule has 0 amide bonds. The molecule has 6 rings (SSSR count). The number of ether oxygens (including phenoxy) is 1. The van der Waals surface area contributed by atoms with Crippen molar-refractivity contribution in [3.05, 3.63) is 65.5 Å². The summed E-state index contributed by atoms with van der Waals surface area (Å²) in [5.41, 5.74) is 4.71. The van der Waals surface area contributed by atoms with Gasteiger partial charge in [-0.2, -0.15) is 0 Å². The number of carbonyl (C=O) groups excluding carboxylic acids is 1. The lowest BCUT2D eigenvalue weighted by atomic mass is 9.36. The van der Waals surface area contributed by atoms with Crippen molar-refractivity contribution in [2.45, 2.75) is 105 Å². The Morgan fingerprint density at radius 3 is 2.47 bits per heavy atom. The third-order valence-corrected chi connectivity index (χ3v) is 12.1. The smallest absolute Gasteiger partial charge is 0.302 e. The monoisotopic (exact) mass is 513 g/mol. The maximum atomic E-state index is 12.6. The molecular formula is C35H47NO2. The van der Waals surface area contributed by atoms with Crippen molar-refractivity contribution in [1.82, 2.24) is 4.57 Å². The highest BCUT2D eigenvalue weighted by Gasteiger charge is 2.67. The predicted octanol–water partition coefficient (Wildman–Crippen LogP) is 8.22. The minimum Gasteiger partial charge on any atom is -0.462 e. The number of benzene rings is 1. The van der Waals surface area contributed by atoms with Crippen LogP contribution in [0.15, 0.2) is 48.8 Å². The highest BCUT2D eigenvalue weighted by Crippen LogP contribution is 2.72. The minimum absolute atomic E-state index is 0.0997. The van der Waals surface area contributed by atoms with E-state index in [1.54, 1.807) is 6.92 Å². The molecule has 204 valence electrons. The summed E-state index contributed by atoms with van der Waals surface area (Å²) in [6.45, 7) is 15.2. The number of carbonyl (C=O) groups is 1. The summed E-state index contributed by atoms with van der Waals surface area (Å²) in [4.78, 5) is 12.6. The van der Waals surface area contributed by atoms with Crippen LogP contribution in [0.4, 0.5) is 0 Å². The van der Waals surface area contributed by atoms with Gasteiger partial charge in [0.25, 0.3) is 0 Å². The zero-order valence-electron chi connectivity index (χ0n) is 24.4. The first-order valence-electron chi connectivity index (χ1n) is 15.1. The lowest BCUT2D eigenvalue weighted by Crippen LogP contribution is -2.66. The van der Waals surface area contributed by atoms with E-state index in [2.05, 4.69) is 94.1 Å². The molecule has 3 heteroatoms. The van der Waals surface area contributed by atoms with Gasteiger partial charge in [-0.15, -0.1) is 0 Å². The fraction of sp³-hybridized carbons (Fsp3) is 0.629. The van der Waals surface area contributed by atoms with E-state index in [0.29, 0.717) is 22.7 Å². The van der Waals surface area contributed by atoms with Crippen molar-refractivity contribution in [3.63, 3.8) is 0 Å². The average molecular weight is 514 g/mol. The van der Waals surface area contributed by atoms with E-state index in [1.807, 2.05) is 0 Å². The van der Waals surface area contributed by atoms with Crippen LogP contribution in [0.3, 0.4) is 0 Å². The number of aromatic nitrogens is 1. The number of hydrogen-bond donors (Lipinski definition) is 0. The van der Waals surface area contributed by atoms with Crippen molar-refractivity contribution >= 4 is 12.0 Å². The lowest BCUT2D eigenvalue weighted by molar-refractivity contribution is -0.205. The molecule has 4 aliphatic carbocycles. The zero-order chi connectivity index (χ0) is 26.9. The molecule has 1 aromatic heterocycles. The molecule has 0 aliphatic heterocycles. The number of rotatable bonds is 4. The van der Waals surface area contributed by atoms with Gasteiger partial charge in [-0.25, -0.2) is 0 Å². The number of allylic oxidation sites excluding steroid dienone is 1. The van der Waals surface area contributed by atoms with Gasteiger partial charge in [0, 0.05) is 31.3 Å². The average Bonchev–Trinajstić information content (AvgIpc) is 3.28. The zero-order valence-corrected chi connectivity index (χ0v) is 24.4. The summed E-state index contributed by atoms with van der Waals surface area (Å²) in [6, 6.07) is 10.7. The number of aryl methyl sites for hydroxylation is 2. The molecule has 0 spiro atoms. The molecule has 4 aliphatic rings. The van der Waals surface area contributed by atoms with Gasteiger partial charge < -0.3 is 9.30 Å². The van der Waals surface area contributed by atoms with Gasteiger partial charge >= 0.3 is 5.97 Å². The SMILES string of the molecule is CC(=O)OC1CC2C3(C)CCCC(C)(C)C3CCC2(C)C2C=Cc3cn(CCc4ccccc4)cc3C12C. The highest BCUT2D eigenvalue weighted by atomic mass is 16.5. The Labute approximate surface area is 230 Å². The molecule has 1 heterocycles. The maximum Gasteiger partial charge on any atom is 0.302 e. The lowest BCUT2D eigenvalue weighted by Gasteiger charge is -2.69. The number of hydrogen-bond acceptors (Lipinski definition) is 2. The van der Waals surface area contributed by atoms with Crippen LogP contribution in [0.1, 0.15) is 96.8 Å². The third-order valence-electron chi connectivity index (χ3n) is 12.1. The van der Waals surface area contributed by atoms with Crippen molar-refractivity contribution < 1.29 is 9.53 Å². The molecule has 38 heavy (non-hydrogen) atoms. The van der Waals surface area contributed by atoms with Gasteiger partial charge in [-0.3, -0.25) is 4.79 Å². The molecule has 0 radical (unpaired) electrons. The van der Waals surface area contributed by atoms with E-state index in [0.717, 1.165) is 25.3 Å². The number of esters is 1. The second-order valence-corrected chi connectivity index (χ2v) is 14.6. The topological polar surface area (TPSA) is 31.2 Å². The molecule has 0 N–H and O–H groups in total. The Kier molecular flexibility index (Phi) is 6.05. The summed E-state index contributed by atoms with van der Waals surface area (Å²) >= 11 is 0. The van der Waals surface area contributed by atoms with E-state index in [-0.39, 0.29) is 22.9 Å². The van der Waals surface area contributed by atoms with Crippen molar-refractivity contribution in [1.29, 1.82) is 0 Å². The molecule has 3 fully saturated rings. The van der Waals surface area contributed by atoms with Crippen molar-refractivity contribution in [2.24, 2.45) is 34.0 Å². The van der Waals surface area contributed by atoms with Crippen LogP contribution in [0, 0.1) is 34.0 Å². The van der Waals surface area contributed by atoms with E-state index < -0.39 is 0 Å². The minimum atomic E-state index is -0.216. The fourth-order valence-corrected chi connectivity index (χ4v) is 10.4. The van der Waals surface area contributed by atoms with Gasteiger partial charge in [0.1, 0.15) is 6.10 Å². The summed E-state index contributed by atoms with van der Waals surface area (Å²) < 4.78 is 8.72. The highest BCUT2D eigenvalue weighted by molar-refractivity contribution is 5.67. The Morgan fingerprint density at radius 1 is 0.974 bits per heavy atom. The summed E-state index contributed by atoms with van der Waals surface area (Å²) in [5.74, 6) is 1.52. The van der Waals surface area contributed by atoms with Crippen LogP contribution >= 0.6 is 0 Å². The Balaban J connectivity index is 1.39. The quantitative estimate of drug-likeness (QED) is 0.386. The largest absolute Gasteiger partial charge is 0.462 e. The molecule has 0 bridgehead atoms. The molecule has 3 nitrogen and oxygen atoms in total. The molecule has 0 saturated heterocycles. The predicted molar refractivity (Wildman–Crippen MR) is 155 cm³/mol. The van der Waals surface area contributed by atoms with Crippen molar-refractivity contribution in [3.8, 4) is 0 Å². The van der Waals surface area contributed by atoms with Gasteiger partial charge in [-0.1, -0.05) is 83.5 Å². The standard InChI is InChI=1S/C35H47NO2/c1-24(37)38-31-21-30-33(4)18-10-17-32(2,3)28(33)15-19-34(30,5)29-14-13-26-22-36(23-27(26)35(29,31)6)20-16-25-11-8-7-9-12-25/h7-9,11-14,22-23,28-31H,10,15-21H2,1-6H3. The molecule has 7 unspecified atom stereocenters. The van der Waals surface area contributed by atoms with E-state index in [4.69, 9.17) is 4.74 Å². The maximum absolute atomic E-state index is 12.6. The summed E-state index contributed by atoms with van der Waals surface area (Å²) in [5, 5.41) is 0. The summed E-state index contributed by atoms with van der Waals surface area (Å²) in [7, 11) is 0. The van der Waals surface area contributed by atoms with Crippen LogP contribution in [-0.4, -0.2) is 16.6 Å². The van der Waals surface area contributed by atoms with Crippen LogP contribution < -0.4 is 0 Å². The van der Waals surface area contributed by atoms with Crippen LogP contribution in [0.25, 0.3) is 6.08 Å². The molecule has 1 aromatic carbocycles. The first-order valence-corrected chi connectivity index (χ1v) is 15.1. The van der Waals surface area contributed by atoms with Gasteiger partial charge in [0.05, 0.1) is 0 Å². The first-order chi connectivity index (χ1) is 18.0. The normalized spacial score (nSPS) is 38.9. The number of fused-ring (bicyclic) bond motifs is 7. The molecule has 7 atom stereocenters. The number of nitrogens with zero attached hydrogens (tertiary/aromatic N) is 1.